The SMILES string of the molecule is CC1=C(/C=C/C(C)=C\C=C/C(C)=C/C=C/C=C(C)/C=C\C=C(C)/C=C/C2=C(C)C(=O)[C@H](O)CC2(C)C)C(C)(C)C[C@@H](O)C1=O. The number of rotatable bonds is 10. The van der Waals surface area contributed by atoms with Gasteiger partial charge in [-0.15, -0.1) is 0 Å². The fraction of sp³-hybridized carbons (Fsp3) is 0.400. The van der Waals surface area contributed by atoms with Gasteiger partial charge in [0, 0.05) is 0 Å². The molecule has 0 radical (unpaired) electrons. The minimum atomic E-state index is -0.907. The lowest BCUT2D eigenvalue weighted by Crippen LogP contribution is -2.35. The van der Waals surface area contributed by atoms with Gasteiger partial charge in [-0.3, -0.25) is 9.59 Å². The first kappa shape index (κ1) is 36.6. The van der Waals surface area contributed by atoms with E-state index in [1.54, 1.807) is 13.8 Å². The van der Waals surface area contributed by atoms with Crippen LogP contribution in [0.25, 0.3) is 0 Å². The lowest BCUT2D eigenvalue weighted by molar-refractivity contribution is -0.126. The van der Waals surface area contributed by atoms with Crippen molar-refractivity contribution in [3.05, 3.63) is 130 Å². The Morgan fingerprint density at radius 2 is 0.864 bits per heavy atom. The van der Waals surface area contributed by atoms with E-state index in [-0.39, 0.29) is 22.4 Å². The van der Waals surface area contributed by atoms with Crippen molar-refractivity contribution in [2.75, 3.05) is 0 Å². The second-order valence-electron chi connectivity index (χ2n) is 13.4. The Labute approximate surface area is 265 Å². The summed E-state index contributed by atoms with van der Waals surface area (Å²) in [7, 11) is 0. The molecule has 2 aliphatic carbocycles. The van der Waals surface area contributed by atoms with Crippen LogP contribution in [0.5, 0.6) is 0 Å². The molecule has 0 saturated heterocycles. The van der Waals surface area contributed by atoms with Crippen molar-refractivity contribution in [3.63, 3.8) is 0 Å². The normalized spacial score (nSPS) is 24.5. The summed E-state index contributed by atoms with van der Waals surface area (Å²) in [6.07, 6.45) is 27.5. The lowest BCUT2D eigenvalue weighted by Gasteiger charge is -2.34. The first-order chi connectivity index (χ1) is 20.5. The summed E-state index contributed by atoms with van der Waals surface area (Å²) in [5.41, 5.74) is 7.16. The van der Waals surface area contributed by atoms with Crippen molar-refractivity contribution < 1.29 is 19.8 Å². The molecule has 0 amide bonds. The van der Waals surface area contributed by atoms with Crippen LogP contribution >= 0.6 is 0 Å². The molecule has 2 aliphatic rings. The van der Waals surface area contributed by atoms with Crippen LogP contribution < -0.4 is 0 Å². The van der Waals surface area contributed by atoms with Gasteiger partial charge in [-0.1, -0.05) is 135 Å². The van der Waals surface area contributed by atoms with Gasteiger partial charge in [0.05, 0.1) is 0 Å². The fourth-order valence-corrected chi connectivity index (χ4v) is 5.62. The summed E-state index contributed by atoms with van der Waals surface area (Å²) in [4.78, 5) is 24.5. The molecule has 0 fully saturated rings. The van der Waals surface area contributed by atoms with Crippen molar-refractivity contribution in [2.45, 2.75) is 94.3 Å². The molecule has 0 spiro atoms. The van der Waals surface area contributed by atoms with E-state index in [9.17, 15) is 19.8 Å². The molecule has 0 bridgehead atoms. The maximum atomic E-state index is 12.2. The number of hydrogen-bond acceptors (Lipinski definition) is 4. The second kappa shape index (κ2) is 15.9. The van der Waals surface area contributed by atoms with E-state index in [2.05, 4.69) is 65.8 Å². The van der Waals surface area contributed by atoms with Gasteiger partial charge in [-0.05, 0) is 87.5 Å². The Morgan fingerprint density at radius 3 is 1.20 bits per heavy atom. The molecule has 236 valence electrons. The number of aliphatic hydroxyl groups excluding tert-OH is 2. The number of Topliss-reactive ketones (excluding diaryl/α,β-unsaturated/α-hetero) is 2. The molecule has 0 unspecified atom stereocenters. The largest absolute Gasteiger partial charge is 0.385 e. The molecule has 0 aliphatic heterocycles. The predicted molar refractivity (Wildman–Crippen MR) is 185 cm³/mol. The zero-order valence-corrected chi connectivity index (χ0v) is 28.4. The minimum Gasteiger partial charge on any atom is -0.385 e. The van der Waals surface area contributed by atoms with Gasteiger partial charge in [-0.2, -0.15) is 0 Å². The van der Waals surface area contributed by atoms with Crippen molar-refractivity contribution in [2.24, 2.45) is 10.8 Å². The number of aliphatic hydroxyl groups is 2. The highest BCUT2D eigenvalue weighted by Gasteiger charge is 2.37. The Kier molecular flexibility index (Phi) is 13.2. The van der Waals surface area contributed by atoms with Gasteiger partial charge in [0.15, 0.2) is 11.6 Å². The van der Waals surface area contributed by atoms with Crippen LogP contribution in [0.2, 0.25) is 0 Å². The molecule has 0 aromatic heterocycles. The van der Waals surface area contributed by atoms with Crippen molar-refractivity contribution in [3.8, 4) is 0 Å². The maximum Gasteiger partial charge on any atom is 0.187 e. The molecule has 44 heavy (non-hydrogen) atoms. The van der Waals surface area contributed by atoms with Crippen LogP contribution in [0, 0.1) is 10.8 Å². The van der Waals surface area contributed by atoms with Gasteiger partial charge in [0.1, 0.15) is 12.2 Å². The molecule has 2 rings (SSSR count). The molecule has 2 atom stereocenters. The van der Waals surface area contributed by atoms with Crippen LogP contribution in [-0.2, 0) is 9.59 Å². The third-order valence-corrected chi connectivity index (χ3v) is 8.31. The molecule has 0 heterocycles. The molecule has 0 aromatic carbocycles. The summed E-state index contributed by atoms with van der Waals surface area (Å²) in [6, 6.07) is 0. The van der Waals surface area contributed by atoms with Crippen LogP contribution in [0.15, 0.2) is 130 Å². The summed E-state index contributed by atoms with van der Waals surface area (Å²) >= 11 is 0. The van der Waals surface area contributed by atoms with E-state index in [1.807, 2.05) is 74.6 Å². The number of allylic oxidation sites excluding steroid dienone is 20. The standard InChI is InChI=1S/C40H52O4/c1-27(17-13-19-29(3)21-23-33-31(5)37(43)35(41)25-39(33,7)8)15-11-12-16-28(2)18-14-20-30(4)22-24-34-32(6)38(44)36(42)26-40(34,9)10/h11-24,35-36,41-42H,25-26H2,1-10H3/b12-11+,17-13-,18-14-,23-21+,24-22+,27-15+,28-16+,29-19-,30-20-/t35-,36-/m1/s1. The molecule has 4 heteroatoms. The molecular formula is C40H52O4. The molecular weight excluding hydrogens is 544 g/mol. The highest BCUT2D eigenvalue weighted by molar-refractivity contribution is 6.01. The first-order valence-corrected chi connectivity index (χ1v) is 15.4. The topological polar surface area (TPSA) is 74.6 Å². The summed E-state index contributed by atoms with van der Waals surface area (Å²) in [5, 5.41) is 20.0. The lowest BCUT2D eigenvalue weighted by atomic mass is 9.71. The van der Waals surface area contributed by atoms with E-state index >= 15 is 0 Å². The zero-order valence-electron chi connectivity index (χ0n) is 28.4. The van der Waals surface area contributed by atoms with Crippen molar-refractivity contribution >= 4 is 11.6 Å². The molecule has 0 saturated carbocycles. The van der Waals surface area contributed by atoms with E-state index in [4.69, 9.17) is 0 Å². The Bertz CT molecular complexity index is 1340. The number of carbonyl (C=O) groups excluding carboxylic acids is 2. The van der Waals surface area contributed by atoms with E-state index in [1.165, 1.54) is 0 Å². The van der Waals surface area contributed by atoms with Crippen LogP contribution in [0.1, 0.15) is 82.1 Å². The number of carbonyl (C=O) groups is 2. The Morgan fingerprint density at radius 1 is 0.568 bits per heavy atom. The highest BCUT2D eigenvalue weighted by Crippen LogP contribution is 2.40. The van der Waals surface area contributed by atoms with Gasteiger partial charge in [0.25, 0.3) is 0 Å². The predicted octanol–water partition coefficient (Wildman–Crippen LogP) is 8.91. The van der Waals surface area contributed by atoms with Crippen molar-refractivity contribution in [1.82, 2.24) is 0 Å². The zero-order chi connectivity index (χ0) is 33.2. The quantitative estimate of drug-likeness (QED) is 0.247. The summed E-state index contributed by atoms with van der Waals surface area (Å²) in [6.45, 7) is 20.0. The van der Waals surface area contributed by atoms with Gasteiger partial charge < -0.3 is 10.2 Å². The molecule has 2 N–H and O–H groups in total. The monoisotopic (exact) mass is 596 g/mol. The molecule has 4 nitrogen and oxygen atoms in total. The van der Waals surface area contributed by atoms with Gasteiger partial charge in [-0.25, -0.2) is 0 Å². The average molecular weight is 597 g/mol. The van der Waals surface area contributed by atoms with E-state index < -0.39 is 12.2 Å². The number of ketones is 2. The van der Waals surface area contributed by atoms with E-state index in [0.29, 0.717) is 24.0 Å². The van der Waals surface area contributed by atoms with E-state index in [0.717, 1.165) is 33.4 Å². The van der Waals surface area contributed by atoms with Crippen LogP contribution in [0.3, 0.4) is 0 Å². The second-order valence-corrected chi connectivity index (χ2v) is 13.4. The Hall–Kier alpha value is -3.60. The van der Waals surface area contributed by atoms with Gasteiger partial charge >= 0.3 is 0 Å². The summed E-state index contributed by atoms with van der Waals surface area (Å²) < 4.78 is 0. The molecule has 0 aromatic rings. The average Bonchev–Trinajstić information content (AvgIpc) is 2.92. The smallest absolute Gasteiger partial charge is 0.187 e. The third kappa shape index (κ3) is 10.5. The van der Waals surface area contributed by atoms with Crippen molar-refractivity contribution in [1.29, 1.82) is 0 Å². The first-order valence-electron chi connectivity index (χ1n) is 15.4. The maximum absolute atomic E-state index is 12.2. The van der Waals surface area contributed by atoms with Gasteiger partial charge in [0.2, 0.25) is 0 Å². The summed E-state index contributed by atoms with van der Waals surface area (Å²) in [5.74, 6) is -0.350. The fourth-order valence-electron chi connectivity index (χ4n) is 5.62. The third-order valence-electron chi connectivity index (χ3n) is 8.31. The highest BCUT2D eigenvalue weighted by atomic mass is 16.3. The van der Waals surface area contributed by atoms with Crippen LogP contribution in [-0.4, -0.2) is 34.0 Å². The number of hydrogen-bond donors (Lipinski definition) is 2. The minimum absolute atomic E-state index is 0.175. The Balaban J connectivity index is 1.95. The van der Waals surface area contributed by atoms with Crippen LogP contribution in [0.4, 0.5) is 0 Å².